The van der Waals surface area contributed by atoms with Crippen LogP contribution in [0.2, 0.25) is 0 Å². The molecule has 1 aliphatic rings. The molecule has 35 heavy (non-hydrogen) atoms. The van der Waals surface area contributed by atoms with Gasteiger partial charge >= 0.3 is 5.97 Å². The molecule has 1 saturated heterocycles. The summed E-state index contributed by atoms with van der Waals surface area (Å²) in [5, 5.41) is 0. The van der Waals surface area contributed by atoms with Crippen LogP contribution in [0.1, 0.15) is 21.5 Å². The number of aromatic nitrogens is 2. The van der Waals surface area contributed by atoms with Crippen LogP contribution in [0.5, 0.6) is 11.5 Å². The van der Waals surface area contributed by atoms with E-state index in [0.29, 0.717) is 12.2 Å². The highest BCUT2D eigenvalue weighted by Crippen LogP contribution is 2.33. The molecule has 0 saturated carbocycles. The van der Waals surface area contributed by atoms with Crippen LogP contribution < -0.4 is 14.4 Å². The van der Waals surface area contributed by atoms with Crippen molar-refractivity contribution in [2.45, 2.75) is 19.6 Å². The lowest BCUT2D eigenvalue weighted by molar-refractivity contribution is 0.0600. The maximum atomic E-state index is 12.4. The summed E-state index contributed by atoms with van der Waals surface area (Å²) < 4.78 is 19.0. The topological polar surface area (TPSA) is 65.8 Å². The van der Waals surface area contributed by atoms with E-state index in [1.807, 2.05) is 71.6 Å². The van der Waals surface area contributed by atoms with Crippen molar-refractivity contribution in [3.63, 3.8) is 0 Å². The molecule has 178 valence electrons. The molecule has 0 aliphatic carbocycles. The fourth-order valence-corrected chi connectivity index (χ4v) is 4.22. The second-order valence-electron chi connectivity index (χ2n) is 8.47. The van der Waals surface area contributed by atoms with Crippen LogP contribution in [-0.4, -0.2) is 41.8 Å². The Balaban J connectivity index is 1.25. The number of anilines is 1. The fourth-order valence-electron chi connectivity index (χ4n) is 4.22. The molecular weight excluding hydrogens is 442 g/mol. The molecule has 0 atom stereocenters. The number of benzene rings is 2. The molecular formula is C28H27N3O4. The number of para-hydroxylation sites is 1. The average Bonchev–Trinajstić information content (AvgIpc) is 3.40. The summed E-state index contributed by atoms with van der Waals surface area (Å²) in [5.41, 5.74) is 4.54. The van der Waals surface area contributed by atoms with Crippen molar-refractivity contribution in [2.24, 2.45) is 0 Å². The van der Waals surface area contributed by atoms with Crippen molar-refractivity contribution in [1.29, 1.82) is 0 Å². The van der Waals surface area contributed by atoms with Crippen molar-refractivity contribution < 1.29 is 19.0 Å². The molecule has 1 aliphatic heterocycles. The number of carbonyl (C=O) groups excluding carboxylic acids is 1. The molecule has 3 heterocycles. The van der Waals surface area contributed by atoms with Gasteiger partial charge < -0.3 is 23.7 Å². The first kappa shape index (κ1) is 22.5. The molecule has 4 aromatic rings. The van der Waals surface area contributed by atoms with Gasteiger partial charge in [-0.05, 0) is 66.6 Å². The summed E-state index contributed by atoms with van der Waals surface area (Å²) in [5.74, 6) is 1.23. The number of aryl methyl sites for hydroxylation is 1. The third kappa shape index (κ3) is 4.84. The van der Waals surface area contributed by atoms with Gasteiger partial charge in [-0.25, -0.2) is 4.79 Å². The van der Waals surface area contributed by atoms with Crippen LogP contribution in [-0.2, 0) is 11.3 Å². The predicted octanol–water partition coefficient (Wildman–Crippen LogP) is 4.81. The van der Waals surface area contributed by atoms with E-state index in [4.69, 9.17) is 14.2 Å². The lowest BCUT2D eigenvalue weighted by atomic mass is 10.1. The smallest absolute Gasteiger partial charge is 0.340 e. The van der Waals surface area contributed by atoms with Gasteiger partial charge in [-0.1, -0.05) is 12.1 Å². The number of methoxy groups -OCH3 is 1. The van der Waals surface area contributed by atoms with Gasteiger partial charge in [-0.3, -0.25) is 4.98 Å². The van der Waals surface area contributed by atoms with Crippen LogP contribution in [0, 0.1) is 6.92 Å². The zero-order chi connectivity index (χ0) is 24.2. The minimum atomic E-state index is -0.355. The molecule has 0 amide bonds. The van der Waals surface area contributed by atoms with Gasteiger partial charge in [0.05, 0.1) is 43.3 Å². The second-order valence-corrected chi connectivity index (χ2v) is 8.47. The highest BCUT2D eigenvalue weighted by Gasteiger charge is 2.32. The third-order valence-electron chi connectivity index (χ3n) is 6.12. The summed E-state index contributed by atoms with van der Waals surface area (Å²) in [6.45, 7) is 3.99. The SMILES string of the molecule is COC(=O)c1cccc(N2CC(Oc3ccc(COc4cccnc4)c(C)c3)C2)c1-n1cccc1. The van der Waals surface area contributed by atoms with E-state index in [2.05, 4.69) is 16.8 Å². The molecule has 0 unspecified atom stereocenters. The van der Waals surface area contributed by atoms with Gasteiger partial charge in [-0.15, -0.1) is 0 Å². The van der Waals surface area contributed by atoms with Gasteiger partial charge in [0.2, 0.25) is 0 Å². The Kier molecular flexibility index (Phi) is 6.39. The number of esters is 1. The molecule has 0 N–H and O–H groups in total. The minimum Gasteiger partial charge on any atom is -0.487 e. The molecule has 7 nitrogen and oxygen atoms in total. The molecule has 0 spiro atoms. The van der Waals surface area contributed by atoms with Crippen LogP contribution >= 0.6 is 0 Å². The first-order valence-electron chi connectivity index (χ1n) is 11.5. The molecule has 5 rings (SSSR count). The van der Waals surface area contributed by atoms with E-state index in [1.165, 1.54) is 7.11 Å². The van der Waals surface area contributed by atoms with Crippen molar-refractivity contribution in [1.82, 2.24) is 9.55 Å². The Bertz CT molecular complexity index is 1300. The number of hydrogen-bond acceptors (Lipinski definition) is 6. The number of pyridine rings is 1. The first-order chi connectivity index (χ1) is 17.1. The number of carbonyl (C=O) groups is 1. The van der Waals surface area contributed by atoms with E-state index in [1.54, 1.807) is 18.5 Å². The highest BCUT2D eigenvalue weighted by molar-refractivity contribution is 5.96. The molecule has 0 bridgehead atoms. The number of ether oxygens (including phenoxy) is 3. The lowest BCUT2D eigenvalue weighted by Gasteiger charge is -2.41. The zero-order valence-corrected chi connectivity index (χ0v) is 19.8. The number of hydrogen-bond donors (Lipinski definition) is 0. The van der Waals surface area contributed by atoms with Crippen molar-refractivity contribution in [2.75, 3.05) is 25.1 Å². The van der Waals surface area contributed by atoms with E-state index in [0.717, 1.165) is 47.1 Å². The molecule has 2 aromatic carbocycles. The predicted molar refractivity (Wildman–Crippen MR) is 133 cm³/mol. The quantitative estimate of drug-likeness (QED) is 0.345. The minimum absolute atomic E-state index is 0.0613. The summed E-state index contributed by atoms with van der Waals surface area (Å²) in [4.78, 5) is 18.7. The summed E-state index contributed by atoms with van der Waals surface area (Å²) >= 11 is 0. The van der Waals surface area contributed by atoms with Crippen molar-refractivity contribution >= 4 is 11.7 Å². The summed E-state index contributed by atoms with van der Waals surface area (Å²) in [6.07, 6.45) is 7.36. The third-order valence-corrected chi connectivity index (χ3v) is 6.12. The monoisotopic (exact) mass is 469 g/mol. The van der Waals surface area contributed by atoms with Crippen LogP contribution in [0.15, 0.2) is 85.5 Å². The molecule has 1 fully saturated rings. The Morgan fingerprint density at radius 1 is 1.03 bits per heavy atom. The normalized spacial score (nSPS) is 13.3. The summed E-state index contributed by atoms with van der Waals surface area (Å²) in [6, 6.07) is 19.4. The summed E-state index contributed by atoms with van der Waals surface area (Å²) in [7, 11) is 1.40. The Morgan fingerprint density at radius 2 is 1.86 bits per heavy atom. The van der Waals surface area contributed by atoms with Gasteiger partial charge in [0.1, 0.15) is 24.2 Å². The Hall–Kier alpha value is -4.26. The van der Waals surface area contributed by atoms with Gasteiger partial charge in [0, 0.05) is 18.6 Å². The van der Waals surface area contributed by atoms with E-state index in [9.17, 15) is 4.79 Å². The number of rotatable bonds is 8. The van der Waals surface area contributed by atoms with E-state index >= 15 is 0 Å². The van der Waals surface area contributed by atoms with Crippen molar-refractivity contribution in [3.8, 4) is 17.2 Å². The standard InChI is InChI=1S/C28H27N3O4/c1-20-15-22(11-10-21(20)19-34-23-7-6-12-29-16-23)35-24-17-31(18-24)26-9-5-8-25(28(32)33-2)27(26)30-13-3-4-14-30/h3-16,24H,17-19H2,1-2H3. The molecule has 0 radical (unpaired) electrons. The number of nitrogens with zero attached hydrogens (tertiary/aromatic N) is 3. The van der Waals surface area contributed by atoms with E-state index in [-0.39, 0.29) is 12.1 Å². The lowest BCUT2D eigenvalue weighted by Crippen LogP contribution is -2.54. The largest absolute Gasteiger partial charge is 0.487 e. The van der Waals surface area contributed by atoms with Crippen molar-refractivity contribution in [3.05, 3.63) is 102 Å². The highest BCUT2D eigenvalue weighted by atomic mass is 16.5. The Morgan fingerprint density at radius 3 is 2.57 bits per heavy atom. The molecule has 7 heteroatoms. The van der Waals surface area contributed by atoms with Gasteiger partial charge in [0.15, 0.2) is 0 Å². The fraction of sp³-hybridized carbons (Fsp3) is 0.214. The van der Waals surface area contributed by atoms with Gasteiger partial charge in [-0.2, -0.15) is 0 Å². The first-order valence-corrected chi connectivity index (χ1v) is 11.5. The van der Waals surface area contributed by atoms with Gasteiger partial charge in [0.25, 0.3) is 0 Å². The van der Waals surface area contributed by atoms with E-state index < -0.39 is 0 Å². The van der Waals surface area contributed by atoms with Crippen LogP contribution in [0.25, 0.3) is 5.69 Å². The van der Waals surface area contributed by atoms with Crippen LogP contribution in [0.3, 0.4) is 0 Å². The molecule has 2 aromatic heterocycles. The maximum absolute atomic E-state index is 12.4. The zero-order valence-electron chi connectivity index (χ0n) is 19.8. The Labute approximate surface area is 204 Å². The average molecular weight is 470 g/mol. The van der Waals surface area contributed by atoms with Crippen LogP contribution in [0.4, 0.5) is 5.69 Å². The maximum Gasteiger partial charge on any atom is 0.340 e. The second kappa shape index (κ2) is 9.93.